The van der Waals surface area contributed by atoms with Crippen molar-refractivity contribution in [2.75, 3.05) is 53.4 Å². The number of rotatable bonds is 5. The minimum atomic E-state index is -0.329. The molecule has 2 heterocycles. The second-order valence-electron chi connectivity index (χ2n) is 5.99. The number of likely N-dealkylation sites (N-methyl/N-ethyl adjacent to an activating group) is 1. The molecular formula is C16H24N4O4. The summed E-state index contributed by atoms with van der Waals surface area (Å²) in [5.74, 6) is -0.389. The van der Waals surface area contributed by atoms with E-state index < -0.39 is 0 Å². The smallest absolute Gasteiger partial charge is 0.254 e. The maximum atomic E-state index is 12.3. The number of hydrogen-bond donors (Lipinski definition) is 1. The summed E-state index contributed by atoms with van der Waals surface area (Å²) in [7, 11) is 3.47. The van der Waals surface area contributed by atoms with E-state index in [0.717, 1.165) is 13.0 Å². The molecule has 8 nitrogen and oxygen atoms in total. The molecule has 0 spiro atoms. The van der Waals surface area contributed by atoms with Crippen LogP contribution in [-0.4, -0.2) is 85.8 Å². The number of nitrogens with zero attached hydrogens (tertiary/aromatic N) is 3. The van der Waals surface area contributed by atoms with Crippen LogP contribution in [0.25, 0.3) is 0 Å². The van der Waals surface area contributed by atoms with Crippen molar-refractivity contribution in [3.63, 3.8) is 0 Å². The molecule has 0 atom stereocenters. The number of nitrogens with one attached hydrogen (secondary N) is 1. The molecular weight excluding hydrogens is 312 g/mol. The SMILES string of the molecule is CN(C)C(=O)CN1CCCN(C(=O)CNC(=O)c2ccoc2)CC1. The van der Waals surface area contributed by atoms with Gasteiger partial charge in [0.05, 0.1) is 24.9 Å². The zero-order chi connectivity index (χ0) is 17.5. The predicted octanol–water partition coefficient (Wildman–Crippen LogP) is -0.368. The number of carbonyl (C=O) groups excluding carboxylic acids is 3. The first-order valence-corrected chi connectivity index (χ1v) is 7.98. The first kappa shape index (κ1) is 18.0. The molecule has 2 rings (SSSR count). The summed E-state index contributed by atoms with van der Waals surface area (Å²) in [6.07, 6.45) is 3.56. The van der Waals surface area contributed by atoms with Gasteiger partial charge >= 0.3 is 0 Å². The van der Waals surface area contributed by atoms with Crippen LogP contribution < -0.4 is 5.32 Å². The van der Waals surface area contributed by atoms with Crippen LogP contribution in [0.2, 0.25) is 0 Å². The minimum Gasteiger partial charge on any atom is -0.472 e. The van der Waals surface area contributed by atoms with Crippen LogP contribution >= 0.6 is 0 Å². The van der Waals surface area contributed by atoms with Crippen molar-refractivity contribution in [3.8, 4) is 0 Å². The highest BCUT2D eigenvalue weighted by atomic mass is 16.3. The van der Waals surface area contributed by atoms with E-state index >= 15 is 0 Å². The Morgan fingerprint density at radius 1 is 1.21 bits per heavy atom. The van der Waals surface area contributed by atoms with Crippen molar-refractivity contribution in [1.29, 1.82) is 0 Å². The summed E-state index contributed by atoms with van der Waals surface area (Å²) >= 11 is 0. The molecule has 1 saturated heterocycles. The third-order valence-corrected chi connectivity index (χ3v) is 3.98. The van der Waals surface area contributed by atoms with Crippen molar-refractivity contribution >= 4 is 17.7 Å². The topological polar surface area (TPSA) is 86.1 Å². The second-order valence-corrected chi connectivity index (χ2v) is 5.99. The van der Waals surface area contributed by atoms with Crippen molar-refractivity contribution in [2.24, 2.45) is 0 Å². The summed E-state index contributed by atoms with van der Waals surface area (Å²) in [6.45, 7) is 2.95. The largest absolute Gasteiger partial charge is 0.472 e. The van der Waals surface area contributed by atoms with E-state index in [2.05, 4.69) is 10.2 Å². The molecule has 0 radical (unpaired) electrons. The Morgan fingerprint density at radius 3 is 2.67 bits per heavy atom. The Bertz CT molecular complexity index is 571. The fraction of sp³-hybridized carbons (Fsp3) is 0.562. The average molecular weight is 336 g/mol. The van der Waals surface area contributed by atoms with Crippen LogP contribution in [-0.2, 0) is 9.59 Å². The van der Waals surface area contributed by atoms with Gasteiger partial charge in [-0.25, -0.2) is 0 Å². The van der Waals surface area contributed by atoms with E-state index in [1.807, 2.05) is 0 Å². The molecule has 1 aliphatic rings. The summed E-state index contributed by atoms with van der Waals surface area (Å²) in [6, 6.07) is 1.55. The third-order valence-electron chi connectivity index (χ3n) is 3.98. The Labute approximate surface area is 141 Å². The highest BCUT2D eigenvalue weighted by Crippen LogP contribution is 2.04. The van der Waals surface area contributed by atoms with Gasteiger partial charge in [0.15, 0.2) is 0 Å². The van der Waals surface area contributed by atoms with Crippen LogP contribution in [0.1, 0.15) is 16.8 Å². The highest BCUT2D eigenvalue weighted by molar-refractivity contribution is 5.96. The molecule has 0 bridgehead atoms. The van der Waals surface area contributed by atoms with E-state index in [-0.39, 0.29) is 24.3 Å². The van der Waals surface area contributed by atoms with Crippen LogP contribution in [0.15, 0.2) is 23.0 Å². The minimum absolute atomic E-state index is 0.0410. The Morgan fingerprint density at radius 2 is 2.00 bits per heavy atom. The number of furan rings is 1. The molecule has 1 N–H and O–H groups in total. The van der Waals surface area contributed by atoms with Gasteiger partial charge in [0, 0.05) is 40.3 Å². The molecule has 24 heavy (non-hydrogen) atoms. The molecule has 132 valence electrons. The van der Waals surface area contributed by atoms with E-state index in [4.69, 9.17) is 4.42 Å². The molecule has 0 unspecified atom stereocenters. The molecule has 0 aliphatic carbocycles. The average Bonchev–Trinajstić information content (AvgIpc) is 2.99. The molecule has 1 aromatic rings. The van der Waals surface area contributed by atoms with Gasteiger partial charge in [-0.2, -0.15) is 0 Å². The van der Waals surface area contributed by atoms with Gasteiger partial charge in [0.1, 0.15) is 6.26 Å². The molecule has 1 aliphatic heterocycles. The molecule has 8 heteroatoms. The quantitative estimate of drug-likeness (QED) is 0.793. The first-order valence-electron chi connectivity index (χ1n) is 7.98. The summed E-state index contributed by atoms with van der Waals surface area (Å²) in [5.41, 5.74) is 0.395. The van der Waals surface area contributed by atoms with Gasteiger partial charge in [-0.1, -0.05) is 0 Å². The molecule has 0 aromatic carbocycles. The summed E-state index contributed by atoms with van der Waals surface area (Å²) in [4.78, 5) is 41.2. The van der Waals surface area contributed by atoms with E-state index in [9.17, 15) is 14.4 Å². The lowest BCUT2D eigenvalue weighted by Gasteiger charge is -2.22. The number of hydrogen-bond acceptors (Lipinski definition) is 5. The zero-order valence-corrected chi connectivity index (χ0v) is 14.2. The van der Waals surface area contributed by atoms with E-state index in [0.29, 0.717) is 31.7 Å². The number of amides is 3. The summed E-state index contributed by atoms with van der Waals surface area (Å²) < 4.78 is 4.84. The van der Waals surface area contributed by atoms with Crippen molar-refractivity contribution in [3.05, 3.63) is 24.2 Å². The summed E-state index contributed by atoms with van der Waals surface area (Å²) in [5, 5.41) is 2.60. The van der Waals surface area contributed by atoms with Gasteiger partial charge in [-0.05, 0) is 12.5 Å². The van der Waals surface area contributed by atoms with E-state index in [1.165, 1.54) is 12.5 Å². The van der Waals surface area contributed by atoms with Crippen molar-refractivity contribution in [2.45, 2.75) is 6.42 Å². The van der Waals surface area contributed by atoms with Gasteiger partial charge < -0.3 is 19.5 Å². The zero-order valence-electron chi connectivity index (χ0n) is 14.2. The Balaban J connectivity index is 1.77. The Kier molecular flexibility index (Phi) is 6.36. The fourth-order valence-electron chi connectivity index (χ4n) is 2.47. The lowest BCUT2D eigenvalue weighted by atomic mass is 10.3. The lowest BCUT2D eigenvalue weighted by molar-refractivity contribution is -0.130. The van der Waals surface area contributed by atoms with E-state index in [1.54, 1.807) is 30.0 Å². The number of carbonyl (C=O) groups is 3. The van der Waals surface area contributed by atoms with Gasteiger partial charge in [-0.3, -0.25) is 19.3 Å². The van der Waals surface area contributed by atoms with Crippen molar-refractivity contribution in [1.82, 2.24) is 20.0 Å². The lowest BCUT2D eigenvalue weighted by Crippen LogP contribution is -2.42. The van der Waals surface area contributed by atoms with Crippen LogP contribution in [0.5, 0.6) is 0 Å². The van der Waals surface area contributed by atoms with Crippen LogP contribution in [0.3, 0.4) is 0 Å². The molecule has 0 saturated carbocycles. The monoisotopic (exact) mass is 336 g/mol. The standard InChI is InChI=1S/C16H24N4O4/c1-18(2)15(22)11-19-5-3-6-20(8-7-19)14(21)10-17-16(23)13-4-9-24-12-13/h4,9,12H,3,5-8,10-11H2,1-2H3,(H,17,23). The molecule has 1 fully saturated rings. The maximum absolute atomic E-state index is 12.3. The molecule has 1 aromatic heterocycles. The maximum Gasteiger partial charge on any atom is 0.254 e. The second kappa shape index (κ2) is 8.49. The van der Waals surface area contributed by atoms with Crippen LogP contribution in [0, 0.1) is 0 Å². The normalized spacial score (nSPS) is 15.7. The fourth-order valence-corrected chi connectivity index (χ4v) is 2.47. The first-order chi connectivity index (χ1) is 11.5. The van der Waals surface area contributed by atoms with Gasteiger partial charge in [0.25, 0.3) is 5.91 Å². The van der Waals surface area contributed by atoms with Gasteiger partial charge in [0.2, 0.25) is 11.8 Å². The highest BCUT2D eigenvalue weighted by Gasteiger charge is 2.21. The molecule has 3 amide bonds. The van der Waals surface area contributed by atoms with Crippen molar-refractivity contribution < 1.29 is 18.8 Å². The van der Waals surface area contributed by atoms with Gasteiger partial charge in [-0.15, -0.1) is 0 Å². The van der Waals surface area contributed by atoms with Crippen LogP contribution in [0.4, 0.5) is 0 Å². The predicted molar refractivity (Wildman–Crippen MR) is 87.4 cm³/mol. The Hall–Kier alpha value is -2.35. The third kappa shape index (κ3) is 5.09.